The third kappa shape index (κ3) is 2.51. The van der Waals surface area contributed by atoms with Crippen molar-refractivity contribution < 1.29 is 4.42 Å². The Labute approximate surface area is 112 Å². The maximum Gasteiger partial charge on any atom is 0.227 e. The van der Waals surface area contributed by atoms with Crippen molar-refractivity contribution in [1.82, 2.24) is 4.98 Å². The Kier molecular flexibility index (Phi) is 3.29. The number of fused-ring (bicyclic) bond motifs is 1. The van der Waals surface area contributed by atoms with E-state index in [4.69, 9.17) is 10.2 Å². The van der Waals surface area contributed by atoms with Crippen LogP contribution in [0.15, 0.2) is 52.9 Å². The molecule has 2 N–H and O–H groups in total. The van der Waals surface area contributed by atoms with Gasteiger partial charge in [-0.3, -0.25) is 0 Å². The van der Waals surface area contributed by atoms with E-state index in [2.05, 4.69) is 29.2 Å². The highest BCUT2D eigenvalue weighted by Gasteiger charge is 2.07. The lowest BCUT2D eigenvalue weighted by Crippen LogP contribution is -2.00. The van der Waals surface area contributed by atoms with Crippen LogP contribution in [0.4, 0.5) is 0 Å². The Balaban J connectivity index is 1.88. The van der Waals surface area contributed by atoms with Gasteiger partial charge >= 0.3 is 0 Å². The molecular formula is C16H16N2O. The number of hydrogen-bond donors (Lipinski definition) is 1. The van der Waals surface area contributed by atoms with Crippen LogP contribution in [-0.4, -0.2) is 11.5 Å². The van der Waals surface area contributed by atoms with Gasteiger partial charge in [-0.1, -0.05) is 24.3 Å². The van der Waals surface area contributed by atoms with E-state index in [0.717, 1.165) is 36.0 Å². The third-order valence-corrected chi connectivity index (χ3v) is 3.16. The van der Waals surface area contributed by atoms with Gasteiger partial charge in [0.15, 0.2) is 5.58 Å². The molecule has 19 heavy (non-hydrogen) atoms. The second kappa shape index (κ2) is 5.24. The summed E-state index contributed by atoms with van der Waals surface area (Å²) >= 11 is 0. The van der Waals surface area contributed by atoms with Crippen LogP contribution >= 0.6 is 0 Å². The molecule has 0 spiro atoms. The van der Waals surface area contributed by atoms with Crippen molar-refractivity contribution in [2.24, 2.45) is 5.73 Å². The van der Waals surface area contributed by atoms with E-state index in [1.807, 2.05) is 24.3 Å². The molecule has 0 radical (unpaired) electrons. The van der Waals surface area contributed by atoms with Crippen LogP contribution in [0.2, 0.25) is 0 Å². The van der Waals surface area contributed by atoms with Crippen molar-refractivity contribution >= 4 is 11.1 Å². The summed E-state index contributed by atoms with van der Waals surface area (Å²) in [5.74, 6) is 0.673. The number of benzene rings is 2. The molecular weight excluding hydrogens is 236 g/mol. The van der Waals surface area contributed by atoms with E-state index < -0.39 is 0 Å². The average molecular weight is 252 g/mol. The van der Waals surface area contributed by atoms with Gasteiger partial charge in [-0.2, -0.15) is 0 Å². The molecule has 0 aliphatic heterocycles. The number of rotatable bonds is 4. The summed E-state index contributed by atoms with van der Waals surface area (Å²) in [5.41, 5.74) is 9.54. The van der Waals surface area contributed by atoms with E-state index in [1.54, 1.807) is 0 Å². The first-order valence-corrected chi connectivity index (χ1v) is 6.52. The van der Waals surface area contributed by atoms with Crippen LogP contribution in [-0.2, 0) is 6.42 Å². The second-order valence-corrected chi connectivity index (χ2v) is 4.58. The summed E-state index contributed by atoms with van der Waals surface area (Å²) in [6, 6.07) is 16.1. The molecule has 3 nitrogen and oxygen atoms in total. The highest BCUT2D eigenvalue weighted by molar-refractivity contribution is 5.75. The molecule has 96 valence electrons. The molecule has 0 atom stereocenters. The van der Waals surface area contributed by atoms with Gasteiger partial charge in [0, 0.05) is 5.56 Å². The highest BCUT2D eigenvalue weighted by atomic mass is 16.3. The van der Waals surface area contributed by atoms with E-state index in [9.17, 15) is 0 Å². The minimum Gasteiger partial charge on any atom is -0.436 e. The lowest BCUT2D eigenvalue weighted by molar-refractivity contribution is 0.620. The van der Waals surface area contributed by atoms with Crippen molar-refractivity contribution in [3.63, 3.8) is 0 Å². The molecule has 1 aromatic heterocycles. The van der Waals surface area contributed by atoms with Gasteiger partial charge in [-0.25, -0.2) is 4.98 Å². The van der Waals surface area contributed by atoms with E-state index in [1.165, 1.54) is 5.56 Å². The zero-order valence-electron chi connectivity index (χ0n) is 10.7. The molecule has 3 heteroatoms. The van der Waals surface area contributed by atoms with Crippen LogP contribution in [0.1, 0.15) is 12.0 Å². The summed E-state index contributed by atoms with van der Waals surface area (Å²) < 4.78 is 5.74. The number of oxazole rings is 1. The summed E-state index contributed by atoms with van der Waals surface area (Å²) in [6.07, 6.45) is 2.03. The molecule has 3 rings (SSSR count). The topological polar surface area (TPSA) is 52.0 Å². The number of aromatic nitrogens is 1. The molecule has 0 bridgehead atoms. The predicted octanol–water partition coefficient (Wildman–Crippen LogP) is 3.39. The van der Waals surface area contributed by atoms with Crippen molar-refractivity contribution in [1.29, 1.82) is 0 Å². The first kappa shape index (κ1) is 11.9. The molecule has 0 saturated heterocycles. The van der Waals surface area contributed by atoms with E-state index >= 15 is 0 Å². The van der Waals surface area contributed by atoms with Gasteiger partial charge in [0.2, 0.25) is 5.89 Å². The Bertz CT molecular complexity index is 638. The Morgan fingerprint density at radius 1 is 1.00 bits per heavy atom. The van der Waals surface area contributed by atoms with Crippen LogP contribution in [0.5, 0.6) is 0 Å². The maximum absolute atomic E-state index is 5.74. The average Bonchev–Trinajstić information content (AvgIpc) is 2.89. The molecule has 0 saturated carbocycles. The molecule has 0 aliphatic rings. The smallest absolute Gasteiger partial charge is 0.227 e. The first-order valence-electron chi connectivity index (χ1n) is 6.52. The number of nitrogens with two attached hydrogens (primary N) is 1. The number of hydrogen-bond acceptors (Lipinski definition) is 3. The van der Waals surface area contributed by atoms with Crippen molar-refractivity contribution in [2.45, 2.75) is 12.8 Å². The Hall–Kier alpha value is -2.13. The monoisotopic (exact) mass is 252 g/mol. The van der Waals surface area contributed by atoms with Gasteiger partial charge in [0.25, 0.3) is 0 Å². The minimum atomic E-state index is 0.673. The van der Waals surface area contributed by atoms with Crippen molar-refractivity contribution in [3.05, 3.63) is 54.1 Å². The molecule has 0 unspecified atom stereocenters. The van der Waals surface area contributed by atoms with Crippen LogP contribution in [0.25, 0.3) is 22.6 Å². The standard InChI is InChI=1S/C16H16N2O/c17-11-3-4-12-7-9-13(10-8-12)16-18-14-5-1-2-6-15(14)19-16/h1-2,5-10H,3-4,11,17H2. The minimum absolute atomic E-state index is 0.673. The molecule has 0 fully saturated rings. The zero-order valence-corrected chi connectivity index (χ0v) is 10.7. The molecule has 2 aromatic carbocycles. The summed E-state index contributed by atoms with van der Waals surface area (Å²) in [4.78, 5) is 4.49. The maximum atomic E-state index is 5.74. The van der Waals surface area contributed by atoms with Gasteiger partial charge in [0.1, 0.15) is 5.52 Å². The molecule has 0 amide bonds. The number of nitrogens with zero attached hydrogens (tertiary/aromatic N) is 1. The van der Waals surface area contributed by atoms with Crippen molar-refractivity contribution in [2.75, 3.05) is 6.54 Å². The van der Waals surface area contributed by atoms with Crippen molar-refractivity contribution in [3.8, 4) is 11.5 Å². The molecule has 3 aromatic rings. The quantitative estimate of drug-likeness (QED) is 0.774. The van der Waals surface area contributed by atoms with Gasteiger partial charge in [-0.15, -0.1) is 0 Å². The molecule has 0 aliphatic carbocycles. The Morgan fingerprint density at radius 2 is 1.79 bits per heavy atom. The normalized spacial score (nSPS) is 11.0. The van der Waals surface area contributed by atoms with E-state index in [0.29, 0.717) is 5.89 Å². The van der Waals surface area contributed by atoms with Crippen LogP contribution < -0.4 is 5.73 Å². The fourth-order valence-corrected chi connectivity index (χ4v) is 2.12. The van der Waals surface area contributed by atoms with Gasteiger partial charge in [0.05, 0.1) is 0 Å². The summed E-state index contributed by atoms with van der Waals surface area (Å²) in [5, 5.41) is 0. The lowest BCUT2D eigenvalue weighted by Gasteiger charge is -2.00. The second-order valence-electron chi connectivity index (χ2n) is 4.58. The highest BCUT2D eigenvalue weighted by Crippen LogP contribution is 2.24. The van der Waals surface area contributed by atoms with Gasteiger partial charge in [-0.05, 0) is 49.2 Å². The first-order chi connectivity index (χ1) is 9.36. The van der Waals surface area contributed by atoms with Crippen LogP contribution in [0.3, 0.4) is 0 Å². The Morgan fingerprint density at radius 3 is 2.53 bits per heavy atom. The zero-order chi connectivity index (χ0) is 13.1. The fraction of sp³-hybridized carbons (Fsp3) is 0.188. The lowest BCUT2D eigenvalue weighted by atomic mass is 10.1. The summed E-state index contributed by atoms with van der Waals surface area (Å²) in [7, 11) is 0. The molecule has 1 heterocycles. The number of para-hydroxylation sites is 2. The van der Waals surface area contributed by atoms with Crippen LogP contribution in [0, 0.1) is 0 Å². The fourth-order valence-electron chi connectivity index (χ4n) is 2.12. The van der Waals surface area contributed by atoms with Gasteiger partial charge < -0.3 is 10.2 Å². The third-order valence-electron chi connectivity index (χ3n) is 3.16. The predicted molar refractivity (Wildman–Crippen MR) is 76.8 cm³/mol. The number of aryl methyl sites for hydroxylation is 1. The summed E-state index contributed by atoms with van der Waals surface area (Å²) in [6.45, 7) is 0.729. The van der Waals surface area contributed by atoms with E-state index in [-0.39, 0.29) is 0 Å². The largest absolute Gasteiger partial charge is 0.436 e. The SMILES string of the molecule is NCCCc1ccc(-c2nc3ccccc3o2)cc1.